The van der Waals surface area contributed by atoms with Crippen LogP contribution in [-0.4, -0.2) is 31.2 Å². The standard InChI is InChI=1S/C21H26N2O3S/c1-15(2)22-21(24)14-20-19-7-5-4-6-17(19)12-13-23(20)27(25,26)18-10-8-16(3)9-11-18/h4-11,15,20H,12-14H2,1-3H3,(H,22,24)/t20-/m0/s1. The summed E-state index contributed by atoms with van der Waals surface area (Å²) in [5.41, 5.74) is 3.03. The van der Waals surface area contributed by atoms with E-state index in [1.54, 1.807) is 24.3 Å². The van der Waals surface area contributed by atoms with E-state index >= 15 is 0 Å². The first-order valence-corrected chi connectivity index (χ1v) is 10.7. The van der Waals surface area contributed by atoms with E-state index in [4.69, 9.17) is 0 Å². The highest BCUT2D eigenvalue weighted by Gasteiger charge is 2.37. The first-order chi connectivity index (χ1) is 12.8. The number of nitrogens with one attached hydrogen (secondary N) is 1. The van der Waals surface area contributed by atoms with Crippen molar-refractivity contribution >= 4 is 15.9 Å². The van der Waals surface area contributed by atoms with E-state index < -0.39 is 16.1 Å². The summed E-state index contributed by atoms with van der Waals surface area (Å²) in [6.07, 6.45) is 0.754. The molecule has 5 nitrogen and oxygen atoms in total. The molecule has 1 atom stereocenters. The number of fused-ring (bicyclic) bond motifs is 1. The lowest BCUT2D eigenvalue weighted by molar-refractivity contribution is -0.122. The van der Waals surface area contributed by atoms with Crippen molar-refractivity contribution in [3.63, 3.8) is 0 Å². The topological polar surface area (TPSA) is 66.5 Å². The van der Waals surface area contributed by atoms with Gasteiger partial charge in [0.15, 0.2) is 0 Å². The SMILES string of the molecule is Cc1ccc(S(=O)(=O)N2CCc3ccccc3[C@@H]2CC(=O)NC(C)C)cc1. The smallest absolute Gasteiger partial charge is 0.243 e. The van der Waals surface area contributed by atoms with Crippen LogP contribution in [0.3, 0.4) is 0 Å². The minimum Gasteiger partial charge on any atom is -0.354 e. The Labute approximate surface area is 161 Å². The van der Waals surface area contributed by atoms with Gasteiger partial charge in [-0.15, -0.1) is 0 Å². The molecule has 0 bridgehead atoms. The molecule has 0 radical (unpaired) electrons. The fourth-order valence-corrected chi connectivity index (χ4v) is 5.14. The lowest BCUT2D eigenvalue weighted by Gasteiger charge is -2.36. The summed E-state index contributed by atoms with van der Waals surface area (Å²) in [5, 5.41) is 2.88. The van der Waals surface area contributed by atoms with Gasteiger partial charge in [-0.25, -0.2) is 8.42 Å². The van der Waals surface area contributed by atoms with Gasteiger partial charge in [0.05, 0.1) is 10.9 Å². The van der Waals surface area contributed by atoms with Gasteiger partial charge in [0, 0.05) is 19.0 Å². The summed E-state index contributed by atoms with van der Waals surface area (Å²) in [6, 6.07) is 14.2. The number of amides is 1. The zero-order valence-corrected chi connectivity index (χ0v) is 16.8. The molecule has 0 saturated heterocycles. The Morgan fingerprint density at radius 1 is 1.15 bits per heavy atom. The zero-order valence-electron chi connectivity index (χ0n) is 16.0. The molecular formula is C21H26N2O3S. The Kier molecular flexibility index (Phi) is 5.67. The molecule has 0 fully saturated rings. The van der Waals surface area contributed by atoms with Crippen LogP contribution in [0.5, 0.6) is 0 Å². The number of carbonyl (C=O) groups is 1. The summed E-state index contributed by atoms with van der Waals surface area (Å²) in [7, 11) is -3.69. The molecule has 1 amide bonds. The molecule has 2 aromatic carbocycles. The summed E-state index contributed by atoms with van der Waals surface area (Å²) < 4.78 is 28.1. The number of carbonyl (C=O) groups excluding carboxylic acids is 1. The average Bonchev–Trinajstić information content (AvgIpc) is 2.61. The lowest BCUT2D eigenvalue weighted by atomic mass is 9.92. The molecule has 1 aliphatic heterocycles. The third-order valence-corrected chi connectivity index (χ3v) is 6.74. The summed E-state index contributed by atoms with van der Waals surface area (Å²) >= 11 is 0. The number of sulfonamides is 1. The lowest BCUT2D eigenvalue weighted by Crippen LogP contribution is -2.43. The van der Waals surface area contributed by atoms with Crippen LogP contribution in [0.2, 0.25) is 0 Å². The van der Waals surface area contributed by atoms with Gasteiger partial charge in [0.2, 0.25) is 15.9 Å². The Balaban J connectivity index is 1.99. The Morgan fingerprint density at radius 3 is 2.48 bits per heavy atom. The van der Waals surface area contributed by atoms with Crippen LogP contribution < -0.4 is 5.32 Å². The molecular weight excluding hydrogens is 360 g/mol. The maximum Gasteiger partial charge on any atom is 0.243 e. The first kappa shape index (κ1) is 19.6. The molecule has 3 rings (SSSR count). The Morgan fingerprint density at radius 2 is 1.81 bits per heavy atom. The van der Waals surface area contributed by atoms with Gasteiger partial charge >= 0.3 is 0 Å². The van der Waals surface area contributed by atoms with E-state index in [9.17, 15) is 13.2 Å². The van der Waals surface area contributed by atoms with Crippen molar-refractivity contribution in [3.05, 3.63) is 65.2 Å². The molecule has 0 aromatic heterocycles. The predicted octanol–water partition coefficient (Wildman–Crippen LogP) is 3.20. The van der Waals surface area contributed by atoms with E-state index in [1.807, 2.05) is 45.0 Å². The van der Waals surface area contributed by atoms with Gasteiger partial charge in [0.1, 0.15) is 0 Å². The molecule has 0 spiro atoms. The normalized spacial score (nSPS) is 17.6. The van der Waals surface area contributed by atoms with Gasteiger partial charge in [-0.05, 0) is 50.5 Å². The van der Waals surface area contributed by atoms with Gasteiger partial charge in [-0.2, -0.15) is 4.31 Å². The third kappa shape index (κ3) is 4.22. The number of hydrogen-bond donors (Lipinski definition) is 1. The van der Waals surface area contributed by atoms with Crippen LogP contribution in [0.4, 0.5) is 0 Å². The third-order valence-electron chi connectivity index (χ3n) is 4.82. The van der Waals surface area contributed by atoms with Crippen molar-refractivity contribution in [2.75, 3.05) is 6.54 Å². The second-order valence-electron chi connectivity index (χ2n) is 7.32. The van der Waals surface area contributed by atoms with Crippen LogP contribution in [0, 0.1) is 6.92 Å². The van der Waals surface area contributed by atoms with Crippen molar-refractivity contribution in [3.8, 4) is 0 Å². The molecule has 0 saturated carbocycles. The molecule has 27 heavy (non-hydrogen) atoms. The average molecular weight is 387 g/mol. The molecule has 0 unspecified atom stereocenters. The molecule has 0 aliphatic carbocycles. The molecule has 144 valence electrons. The summed E-state index contributed by atoms with van der Waals surface area (Å²) in [5.74, 6) is -0.143. The highest BCUT2D eigenvalue weighted by atomic mass is 32.2. The molecule has 6 heteroatoms. The first-order valence-electron chi connectivity index (χ1n) is 9.24. The maximum atomic E-state index is 13.3. The predicted molar refractivity (Wildman–Crippen MR) is 106 cm³/mol. The van der Waals surface area contributed by atoms with Gasteiger partial charge < -0.3 is 5.32 Å². The number of rotatable bonds is 5. The van der Waals surface area contributed by atoms with E-state index in [-0.39, 0.29) is 23.3 Å². The minimum atomic E-state index is -3.69. The zero-order chi connectivity index (χ0) is 19.6. The van der Waals surface area contributed by atoms with Gasteiger partial charge in [-0.1, -0.05) is 42.0 Å². The van der Waals surface area contributed by atoms with Crippen molar-refractivity contribution in [2.24, 2.45) is 0 Å². The molecule has 2 aromatic rings. The van der Waals surface area contributed by atoms with Gasteiger partial charge in [-0.3, -0.25) is 4.79 Å². The maximum absolute atomic E-state index is 13.3. The summed E-state index contributed by atoms with van der Waals surface area (Å²) in [6.45, 7) is 6.08. The van der Waals surface area contributed by atoms with Crippen LogP contribution in [0.15, 0.2) is 53.4 Å². The molecule has 1 N–H and O–H groups in total. The number of benzene rings is 2. The highest BCUT2D eigenvalue weighted by molar-refractivity contribution is 7.89. The molecule has 1 aliphatic rings. The van der Waals surface area contributed by atoms with Gasteiger partial charge in [0.25, 0.3) is 0 Å². The Hall–Kier alpha value is -2.18. The van der Waals surface area contributed by atoms with Crippen molar-refractivity contribution in [1.29, 1.82) is 0 Å². The van der Waals surface area contributed by atoms with Crippen molar-refractivity contribution in [2.45, 2.75) is 50.6 Å². The van der Waals surface area contributed by atoms with Crippen molar-refractivity contribution in [1.82, 2.24) is 9.62 Å². The second-order valence-corrected chi connectivity index (χ2v) is 9.21. The minimum absolute atomic E-state index is 0.0125. The summed E-state index contributed by atoms with van der Waals surface area (Å²) in [4.78, 5) is 12.7. The second kappa shape index (κ2) is 7.82. The number of hydrogen-bond acceptors (Lipinski definition) is 3. The fourth-order valence-electron chi connectivity index (χ4n) is 3.53. The van der Waals surface area contributed by atoms with E-state index in [1.165, 1.54) is 4.31 Å². The van der Waals surface area contributed by atoms with Crippen LogP contribution in [0.25, 0.3) is 0 Å². The highest BCUT2D eigenvalue weighted by Crippen LogP contribution is 2.36. The van der Waals surface area contributed by atoms with E-state index in [0.717, 1.165) is 16.7 Å². The molecule has 1 heterocycles. The van der Waals surface area contributed by atoms with Crippen LogP contribution >= 0.6 is 0 Å². The van der Waals surface area contributed by atoms with Crippen LogP contribution in [-0.2, 0) is 21.2 Å². The number of aryl methyl sites for hydroxylation is 1. The Bertz CT molecular complexity index is 921. The quantitative estimate of drug-likeness (QED) is 0.858. The monoisotopic (exact) mass is 386 g/mol. The number of nitrogens with zero attached hydrogens (tertiary/aromatic N) is 1. The fraction of sp³-hybridized carbons (Fsp3) is 0.381. The van der Waals surface area contributed by atoms with E-state index in [0.29, 0.717) is 13.0 Å². The van der Waals surface area contributed by atoms with E-state index in [2.05, 4.69) is 5.32 Å². The van der Waals surface area contributed by atoms with Crippen molar-refractivity contribution < 1.29 is 13.2 Å². The largest absolute Gasteiger partial charge is 0.354 e. The van der Waals surface area contributed by atoms with Crippen LogP contribution in [0.1, 0.15) is 43.0 Å².